The molecule has 0 saturated heterocycles. The second-order valence-electron chi connectivity index (χ2n) is 18.5. The summed E-state index contributed by atoms with van der Waals surface area (Å²) in [6, 6.07) is 66.1. The number of benzene rings is 9. The average Bonchev–Trinajstić information content (AvgIpc) is 4.13. The van der Waals surface area contributed by atoms with Crippen LogP contribution in [0.2, 0.25) is 0 Å². The predicted molar refractivity (Wildman–Crippen MR) is 289 cm³/mol. The number of hydrogen-bond acceptors (Lipinski definition) is 4. The molecule has 0 fully saturated rings. The van der Waals surface area contributed by atoms with Gasteiger partial charge in [0.15, 0.2) is 0 Å². The van der Waals surface area contributed by atoms with E-state index in [1.54, 1.807) is 0 Å². The molecule has 0 spiro atoms. The van der Waals surface area contributed by atoms with Gasteiger partial charge in [-0.2, -0.15) is 10.5 Å². The normalized spacial score (nSPS) is 12.1. The maximum absolute atomic E-state index is 10.2. The third-order valence-electron chi connectivity index (χ3n) is 14.1. The van der Waals surface area contributed by atoms with Gasteiger partial charge in [0.05, 0.1) is 56.7 Å². The highest BCUT2D eigenvalue weighted by Gasteiger charge is 2.34. The van der Waals surface area contributed by atoms with Gasteiger partial charge in [-0.3, -0.25) is 0 Å². The Balaban J connectivity index is 1.35. The van der Waals surface area contributed by atoms with Crippen molar-refractivity contribution >= 4 is 107 Å². The third-order valence-corrected chi connectivity index (χ3v) is 16.4. The molecule has 4 nitrogen and oxygen atoms in total. The summed E-state index contributed by atoms with van der Waals surface area (Å²) in [5, 5.41) is 30.3. The first-order valence-electron chi connectivity index (χ1n) is 23.3. The molecule has 0 radical (unpaired) electrons. The van der Waals surface area contributed by atoms with E-state index in [9.17, 15) is 10.5 Å². The van der Waals surface area contributed by atoms with Gasteiger partial charge >= 0.3 is 0 Å². The van der Waals surface area contributed by atoms with Crippen LogP contribution in [-0.2, 0) is 0 Å². The molecule has 0 unspecified atom stereocenters. The Morgan fingerprint density at radius 2 is 0.765 bits per heavy atom. The van der Waals surface area contributed by atoms with E-state index in [-0.39, 0.29) is 11.8 Å². The average molecular weight is 907 g/mol. The standard InChI is InChI=1S/C62H42N4S2/c1-35(2)53-55(39-25-21-37(33-63)22-26-39)62(66-48-18-10-6-14-42(48)44-30-32-52-58(60(44)66)46-16-8-12-20-50(46)68-52)56(40-27-23-38(34-64)24-28-40)54(36(3)4)61(53)65-47-17-9-5-13-41(47)43-29-31-51-57(59(43)65)45-15-7-11-19-49(45)67-51/h5-32,35-36H,1-4H3. The molecule has 0 N–H and O–H groups in total. The molecule has 322 valence electrons. The fourth-order valence-corrected chi connectivity index (χ4v) is 13.6. The minimum Gasteiger partial charge on any atom is -0.308 e. The van der Waals surface area contributed by atoms with Crippen LogP contribution in [0.15, 0.2) is 170 Å². The Bertz CT molecular complexity index is 4240. The Morgan fingerprint density at radius 1 is 0.382 bits per heavy atom. The lowest BCUT2D eigenvalue weighted by atomic mass is 9.79. The number of aromatic nitrogens is 2. The number of nitrogens with zero attached hydrogens (tertiary/aromatic N) is 4. The second kappa shape index (κ2) is 15.3. The highest BCUT2D eigenvalue weighted by atomic mass is 32.1. The van der Waals surface area contributed by atoms with Crippen LogP contribution >= 0.6 is 22.7 Å². The molecule has 4 heterocycles. The van der Waals surface area contributed by atoms with Crippen LogP contribution in [0.3, 0.4) is 0 Å². The summed E-state index contributed by atoms with van der Waals surface area (Å²) in [7, 11) is 0. The number of para-hydroxylation sites is 2. The molecular weight excluding hydrogens is 865 g/mol. The summed E-state index contributed by atoms with van der Waals surface area (Å²) in [6.45, 7) is 9.39. The summed E-state index contributed by atoms with van der Waals surface area (Å²) in [5.41, 5.74) is 14.9. The van der Waals surface area contributed by atoms with Crippen molar-refractivity contribution in [3.8, 4) is 45.8 Å². The van der Waals surface area contributed by atoms with E-state index in [1.165, 1.54) is 89.7 Å². The molecule has 0 amide bonds. The van der Waals surface area contributed by atoms with E-state index in [4.69, 9.17) is 0 Å². The molecule has 0 bridgehead atoms. The monoisotopic (exact) mass is 906 g/mol. The third kappa shape index (κ3) is 5.69. The van der Waals surface area contributed by atoms with Crippen LogP contribution in [0, 0.1) is 22.7 Å². The van der Waals surface area contributed by atoms with Gasteiger partial charge in [0.1, 0.15) is 0 Å². The zero-order valence-electron chi connectivity index (χ0n) is 37.9. The van der Waals surface area contributed by atoms with Crippen LogP contribution in [0.25, 0.3) is 118 Å². The number of rotatable bonds is 6. The topological polar surface area (TPSA) is 57.4 Å². The molecular formula is C62H42N4S2. The first-order valence-corrected chi connectivity index (χ1v) is 24.9. The van der Waals surface area contributed by atoms with Crippen molar-refractivity contribution in [1.82, 2.24) is 9.13 Å². The van der Waals surface area contributed by atoms with Gasteiger partial charge in [0, 0.05) is 73.0 Å². The van der Waals surface area contributed by atoms with Crippen LogP contribution in [0.5, 0.6) is 0 Å². The van der Waals surface area contributed by atoms with E-state index >= 15 is 0 Å². The molecule has 0 aliphatic carbocycles. The molecule has 0 saturated carbocycles. The zero-order valence-corrected chi connectivity index (χ0v) is 39.6. The lowest BCUT2D eigenvalue weighted by Gasteiger charge is -2.32. The lowest BCUT2D eigenvalue weighted by molar-refractivity contribution is 0.816. The first-order chi connectivity index (χ1) is 33.3. The zero-order chi connectivity index (χ0) is 45.9. The number of thiophene rings is 2. The highest BCUT2D eigenvalue weighted by molar-refractivity contribution is 7.26. The van der Waals surface area contributed by atoms with Gasteiger partial charge in [-0.15, -0.1) is 22.7 Å². The van der Waals surface area contributed by atoms with Crippen molar-refractivity contribution in [2.75, 3.05) is 0 Å². The molecule has 68 heavy (non-hydrogen) atoms. The van der Waals surface area contributed by atoms with E-state index < -0.39 is 0 Å². The summed E-state index contributed by atoms with van der Waals surface area (Å²) in [5.74, 6) is 0.0678. The minimum atomic E-state index is 0.0339. The summed E-state index contributed by atoms with van der Waals surface area (Å²) >= 11 is 3.70. The van der Waals surface area contributed by atoms with Gasteiger partial charge < -0.3 is 9.13 Å². The van der Waals surface area contributed by atoms with Crippen molar-refractivity contribution in [3.63, 3.8) is 0 Å². The fraction of sp³-hybridized carbons (Fsp3) is 0.0968. The smallest absolute Gasteiger partial charge is 0.0991 e. The fourth-order valence-electron chi connectivity index (χ4n) is 11.4. The molecule has 4 aromatic heterocycles. The maximum atomic E-state index is 10.2. The second-order valence-corrected chi connectivity index (χ2v) is 20.7. The molecule has 13 rings (SSSR count). The van der Waals surface area contributed by atoms with Crippen molar-refractivity contribution in [1.29, 1.82) is 10.5 Å². The van der Waals surface area contributed by atoms with E-state index in [0.717, 1.165) is 39.0 Å². The predicted octanol–water partition coefficient (Wildman–Crippen LogP) is 17.9. The summed E-state index contributed by atoms with van der Waals surface area (Å²) < 4.78 is 10.2. The number of nitriles is 2. The SMILES string of the molecule is CC(C)c1c(-c2ccc(C#N)cc2)c(-n2c3ccccc3c3ccc4sc5ccccc5c4c32)c(-c2ccc(C#N)cc2)c(C(C)C)c1-n1c2ccccc2c2ccc3sc4ccccc4c3c21. The molecule has 0 atom stereocenters. The van der Waals surface area contributed by atoms with Crippen molar-refractivity contribution < 1.29 is 0 Å². The maximum Gasteiger partial charge on any atom is 0.0991 e. The van der Waals surface area contributed by atoms with Crippen LogP contribution < -0.4 is 0 Å². The molecule has 9 aromatic carbocycles. The Kier molecular flexibility index (Phi) is 9.05. The van der Waals surface area contributed by atoms with E-state index in [2.05, 4.69) is 195 Å². The summed E-state index contributed by atoms with van der Waals surface area (Å²) in [6.07, 6.45) is 0. The highest BCUT2D eigenvalue weighted by Crippen LogP contribution is 2.54. The van der Waals surface area contributed by atoms with Crippen molar-refractivity contribution in [2.45, 2.75) is 39.5 Å². The number of hydrogen-bond donors (Lipinski definition) is 0. The van der Waals surface area contributed by atoms with E-state index in [1.807, 2.05) is 46.9 Å². The first kappa shape index (κ1) is 40.3. The summed E-state index contributed by atoms with van der Waals surface area (Å²) in [4.78, 5) is 0. The number of fused-ring (bicyclic) bond motifs is 14. The lowest BCUT2D eigenvalue weighted by Crippen LogP contribution is -2.15. The van der Waals surface area contributed by atoms with Gasteiger partial charge in [0.2, 0.25) is 0 Å². The molecule has 0 aliphatic heterocycles. The van der Waals surface area contributed by atoms with Gasteiger partial charge in [-0.25, -0.2) is 0 Å². The van der Waals surface area contributed by atoms with Gasteiger partial charge in [0.25, 0.3) is 0 Å². The molecule has 13 aromatic rings. The van der Waals surface area contributed by atoms with Crippen molar-refractivity contribution in [2.24, 2.45) is 0 Å². The van der Waals surface area contributed by atoms with Gasteiger partial charge in [-0.05, 0) is 94.8 Å². The Morgan fingerprint density at radius 3 is 1.18 bits per heavy atom. The quantitative estimate of drug-likeness (QED) is 0.167. The largest absolute Gasteiger partial charge is 0.308 e. The Labute approximate surface area is 401 Å². The van der Waals surface area contributed by atoms with Crippen molar-refractivity contribution in [3.05, 3.63) is 192 Å². The van der Waals surface area contributed by atoms with Crippen LogP contribution in [0.4, 0.5) is 0 Å². The van der Waals surface area contributed by atoms with Crippen LogP contribution in [0.1, 0.15) is 61.8 Å². The minimum absolute atomic E-state index is 0.0339. The van der Waals surface area contributed by atoms with Gasteiger partial charge in [-0.1, -0.05) is 137 Å². The molecule has 0 aliphatic rings. The van der Waals surface area contributed by atoms with Crippen LogP contribution in [-0.4, -0.2) is 9.13 Å². The van der Waals surface area contributed by atoms with E-state index in [0.29, 0.717) is 11.1 Å². The Hall–Kier alpha value is -8.00. The molecule has 6 heteroatoms.